The molecule has 0 radical (unpaired) electrons. The molecule has 6 aliphatic rings. The van der Waals surface area contributed by atoms with Crippen LogP contribution in [0.5, 0.6) is 0 Å². The maximum Gasteiger partial charge on any atom is 0.364 e. The molecule has 3 amide bonds. The van der Waals surface area contributed by atoms with Crippen LogP contribution in [0, 0.1) is 0 Å². The second kappa shape index (κ2) is 30.7. The number of carbonyl (C=O) groups excluding carboxylic acids is 3. The number of aliphatic carboxylic acids is 2. The van der Waals surface area contributed by atoms with Crippen molar-refractivity contribution in [2.75, 3.05) is 39.6 Å². The van der Waals surface area contributed by atoms with Gasteiger partial charge in [-0.3, -0.25) is 14.4 Å². The minimum Gasteiger partial charge on any atom is -0.477 e. The van der Waals surface area contributed by atoms with E-state index in [-0.39, 0.29) is 0 Å². The van der Waals surface area contributed by atoms with Crippen LogP contribution in [0.1, 0.15) is 33.6 Å². The number of carbonyl (C=O) groups is 5. The molecule has 6 heterocycles. The quantitative estimate of drug-likeness (QED) is 0.0404. The second-order valence-corrected chi connectivity index (χ2v) is 21.9. The van der Waals surface area contributed by atoms with E-state index in [2.05, 4.69) is 16.0 Å². The monoisotopic (exact) mass is 1290 g/mol. The molecule has 508 valence electrons. The van der Waals surface area contributed by atoms with Gasteiger partial charge in [0.15, 0.2) is 25.2 Å². The summed E-state index contributed by atoms with van der Waals surface area (Å²) in [4.78, 5) is 64.0. The van der Waals surface area contributed by atoms with Gasteiger partial charge in [-0.05, 0) is 0 Å². The van der Waals surface area contributed by atoms with Crippen LogP contribution < -0.4 is 16.0 Å². The third kappa shape index (κ3) is 15.8. The first-order valence-electron chi connectivity index (χ1n) is 27.4. The largest absolute Gasteiger partial charge is 0.477 e. The Balaban J connectivity index is 1.38. The summed E-state index contributed by atoms with van der Waals surface area (Å²) in [5, 5.41) is 234. The van der Waals surface area contributed by atoms with E-state index < -0.39 is 277 Å². The average Bonchev–Trinajstić information content (AvgIpc) is 0.810. The van der Waals surface area contributed by atoms with Crippen LogP contribution in [0.2, 0.25) is 0 Å². The minimum atomic E-state index is -3.43. The van der Waals surface area contributed by atoms with Gasteiger partial charge in [-0.25, -0.2) is 9.59 Å². The van der Waals surface area contributed by atoms with Crippen LogP contribution in [0.25, 0.3) is 0 Å². The van der Waals surface area contributed by atoms with E-state index in [1.807, 2.05) is 0 Å². The standard InChI is InChI=1S/C48H79N3O37/c1-12(57)49-23-15(60)4-47(45(74)75,86-38(23)26(64)17(62)6-52)78-11-22-28(66)30(68)33(71)43(82-22)85-37-25(51-14(3)59)42(80-19(8-54)29(37)67)84-36-21(10-56)81-44(83-35-20(9-55)79-41(73)32(70)31(35)69)34(72)40(36)88-48(46(76)77)5-16(61)24(50-13(2)58)39(87-48)27(65)18(63)7-53/h15-44,52-56,60-73H,4-11H2,1-3H3,(H,49,57)(H,50,58)(H,51,59)(H,74,75)(H,76,77)/t15-,16-,17+,18+,19+,20+,21+,22+,23+,24+,25+,26+,27+,28-,29-,30-,31+,32+,33+,34+,35+,36-,37+,38+,39+,40+,41+,42-,43-,44-,47+,48-/m0/s1. The highest BCUT2D eigenvalue weighted by Gasteiger charge is 2.63. The Kier molecular flexibility index (Phi) is 25.6. The van der Waals surface area contributed by atoms with Crippen LogP contribution in [-0.2, 0) is 76.1 Å². The zero-order valence-electron chi connectivity index (χ0n) is 46.9. The van der Waals surface area contributed by atoms with Gasteiger partial charge in [0, 0.05) is 33.6 Å². The summed E-state index contributed by atoms with van der Waals surface area (Å²) in [6, 6.07) is -5.53. The Morgan fingerprint density at radius 1 is 0.466 bits per heavy atom. The number of aliphatic hydroxyl groups is 19. The van der Waals surface area contributed by atoms with Crippen molar-refractivity contribution >= 4 is 29.7 Å². The molecule has 32 atom stereocenters. The number of carboxylic acids is 2. The third-order valence-corrected chi connectivity index (χ3v) is 15.6. The Morgan fingerprint density at radius 2 is 0.898 bits per heavy atom. The number of nitrogens with one attached hydrogen (secondary N) is 3. The molecular formula is C48H79N3O37. The molecule has 88 heavy (non-hydrogen) atoms. The molecule has 6 aliphatic heterocycles. The summed E-state index contributed by atoms with van der Waals surface area (Å²) in [6.45, 7) is -4.42. The summed E-state index contributed by atoms with van der Waals surface area (Å²) in [5.74, 6) is -13.5. The predicted molar refractivity (Wildman–Crippen MR) is 268 cm³/mol. The maximum atomic E-state index is 13.6. The van der Waals surface area contributed by atoms with Gasteiger partial charge < -0.3 is 175 Å². The Labute approximate surface area is 496 Å². The van der Waals surface area contributed by atoms with E-state index >= 15 is 0 Å². The summed E-state index contributed by atoms with van der Waals surface area (Å²) in [5.41, 5.74) is 0. The van der Waals surface area contributed by atoms with Crippen LogP contribution in [0.15, 0.2) is 0 Å². The maximum absolute atomic E-state index is 13.6. The van der Waals surface area contributed by atoms with Gasteiger partial charge >= 0.3 is 11.9 Å². The predicted octanol–water partition coefficient (Wildman–Crippen LogP) is -15.3. The smallest absolute Gasteiger partial charge is 0.364 e. The average molecular weight is 1290 g/mol. The lowest BCUT2D eigenvalue weighted by Gasteiger charge is -2.52. The van der Waals surface area contributed by atoms with E-state index in [1.165, 1.54) is 0 Å². The van der Waals surface area contributed by atoms with Crippen molar-refractivity contribution in [1.29, 1.82) is 0 Å². The molecule has 6 saturated heterocycles. The number of hydrogen-bond acceptors (Lipinski definition) is 35. The van der Waals surface area contributed by atoms with Crippen LogP contribution in [0.4, 0.5) is 0 Å². The Hall–Kier alpha value is -3.85. The summed E-state index contributed by atoms with van der Waals surface area (Å²) >= 11 is 0. The highest BCUT2D eigenvalue weighted by atomic mass is 16.8. The molecule has 40 heteroatoms. The first-order valence-corrected chi connectivity index (χ1v) is 27.4. The SMILES string of the molecule is CC(=O)N[C@H]1[C@H](O[C@@H]2[C@H](O[C@]3(C(=O)O)C[C@H](O)[C@@H](NC(C)=O)[C@H]([C@H](O)[C@H](O)CO)O3)[C@@H](O)[C@H](O[C@H]3[C@H](O)[C@@H](O)[C@H](O)O[C@@H]3CO)O[C@@H]2CO)O[C@H](CO)[C@H](O)[C@@H]1O[C@@H]1O[C@H](CO[C@]2(C(=O)O)C[C@H](O)[C@@H](NC(C)=O)[C@H]([C@H](O)[C@H](O)CO)O2)[C@H](O)[C@H](O)[C@H]1O. The molecule has 0 saturated carbocycles. The summed E-state index contributed by atoms with van der Waals surface area (Å²) in [6.07, 6.45) is -62.0. The van der Waals surface area contributed by atoms with Gasteiger partial charge in [-0.2, -0.15) is 0 Å². The van der Waals surface area contributed by atoms with Crippen molar-refractivity contribution in [1.82, 2.24) is 16.0 Å². The van der Waals surface area contributed by atoms with Crippen LogP contribution in [-0.4, -0.2) is 372 Å². The van der Waals surface area contributed by atoms with Crippen LogP contribution >= 0.6 is 0 Å². The molecule has 0 bridgehead atoms. The number of rotatable bonds is 25. The highest BCUT2D eigenvalue weighted by Crippen LogP contribution is 2.42. The van der Waals surface area contributed by atoms with E-state index in [9.17, 15) is 131 Å². The van der Waals surface area contributed by atoms with Crippen molar-refractivity contribution in [3.8, 4) is 0 Å². The van der Waals surface area contributed by atoms with Crippen LogP contribution in [0.3, 0.4) is 0 Å². The lowest BCUT2D eigenvalue weighted by molar-refractivity contribution is -0.403. The highest BCUT2D eigenvalue weighted by molar-refractivity contribution is 5.77. The molecule has 0 aromatic rings. The molecule has 0 spiro atoms. The molecule has 0 aromatic carbocycles. The first-order chi connectivity index (χ1) is 41.2. The van der Waals surface area contributed by atoms with E-state index in [0.717, 1.165) is 20.8 Å². The van der Waals surface area contributed by atoms with Crippen molar-refractivity contribution in [3.05, 3.63) is 0 Å². The van der Waals surface area contributed by atoms with E-state index in [4.69, 9.17) is 52.1 Å². The molecule has 40 nitrogen and oxygen atoms in total. The zero-order chi connectivity index (χ0) is 65.8. The topological polar surface area (TPSA) is 648 Å². The minimum absolute atomic E-state index is 0.831. The zero-order valence-corrected chi connectivity index (χ0v) is 46.9. The third-order valence-electron chi connectivity index (χ3n) is 15.6. The van der Waals surface area contributed by atoms with Crippen molar-refractivity contribution < 1.29 is 183 Å². The molecule has 24 N–H and O–H groups in total. The van der Waals surface area contributed by atoms with Gasteiger partial charge in [-0.1, -0.05) is 0 Å². The van der Waals surface area contributed by atoms with Gasteiger partial charge in [0.25, 0.3) is 11.6 Å². The number of carboxylic acid groups (broad SMARTS) is 2. The fourth-order valence-electron chi connectivity index (χ4n) is 11.0. The van der Waals surface area contributed by atoms with E-state index in [0.29, 0.717) is 0 Å². The number of aliphatic hydroxyl groups excluding tert-OH is 19. The molecule has 6 fully saturated rings. The lowest BCUT2D eigenvalue weighted by Crippen LogP contribution is -2.72. The molecule has 0 aliphatic carbocycles. The number of hydrogen-bond donors (Lipinski definition) is 24. The fraction of sp³-hybridized carbons (Fsp3) is 0.896. The molecule has 0 aromatic heterocycles. The number of ether oxygens (including phenoxy) is 11. The molecular weight excluding hydrogens is 1210 g/mol. The normalized spacial score (nSPS) is 44.6. The van der Waals surface area contributed by atoms with Gasteiger partial charge in [0.2, 0.25) is 17.7 Å². The van der Waals surface area contributed by atoms with Gasteiger partial charge in [-0.15, -0.1) is 0 Å². The Morgan fingerprint density at radius 3 is 1.39 bits per heavy atom. The van der Waals surface area contributed by atoms with Crippen molar-refractivity contribution in [2.24, 2.45) is 0 Å². The number of amides is 3. The Bertz CT molecular complexity index is 2320. The van der Waals surface area contributed by atoms with Crippen molar-refractivity contribution in [3.63, 3.8) is 0 Å². The van der Waals surface area contributed by atoms with Gasteiger partial charge in [0.1, 0.15) is 134 Å². The lowest BCUT2D eigenvalue weighted by atomic mass is 9.88. The second-order valence-electron chi connectivity index (χ2n) is 21.9. The van der Waals surface area contributed by atoms with Gasteiger partial charge in [0.05, 0.1) is 63.9 Å². The summed E-state index contributed by atoms with van der Waals surface area (Å²) < 4.78 is 63.5. The van der Waals surface area contributed by atoms with Crippen molar-refractivity contribution in [2.45, 2.75) is 229 Å². The first kappa shape index (κ1) is 73.2. The summed E-state index contributed by atoms with van der Waals surface area (Å²) in [7, 11) is 0. The molecule has 0 unspecified atom stereocenters. The fourth-order valence-corrected chi connectivity index (χ4v) is 11.0. The van der Waals surface area contributed by atoms with E-state index in [1.54, 1.807) is 0 Å². The molecule has 6 rings (SSSR count).